The van der Waals surface area contributed by atoms with Crippen LogP contribution in [0.3, 0.4) is 0 Å². The van der Waals surface area contributed by atoms with Crippen molar-refractivity contribution in [2.75, 3.05) is 36.9 Å². The van der Waals surface area contributed by atoms with Crippen LogP contribution in [0.2, 0.25) is 0 Å². The Labute approximate surface area is 174 Å². The minimum Gasteiger partial charge on any atom is -0.379 e. The number of nitrogens with zero attached hydrogens (tertiary/aromatic N) is 4. The van der Waals surface area contributed by atoms with Gasteiger partial charge in [-0.05, 0) is 56.3 Å². The molecule has 0 amide bonds. The molecule has 4 heterocycles. The van der Waals surface area contributed by atoms with Gasteiger partial charge < -0.3 is 20.4 Å². The molecule has 5 rings (SSSR count). The van der Waals surface area contributed by atoms with Crippen molar-refractivity contribution in [3.8, 4) is 0 Å². The predicted molar refractivity (Wildman–Crippen MR) is 116 cm³/mol. The molecule has 29 heavy (non-hydrogen) atoms. The molecule has 0 radical (unpaired) electrons. The van der Waals surface area contributed by atoms with Gasteiger partial charge >= 0.3 is 0 Å². The van der Waals surface area contributed by atoms with Gasteiger partial charge in [0, 0.05) is 31.4 Å². The van der Waals surface area contributed by atoms with Gasteiger partial charge in [0.25, 0.3) is 0 Å². The molecular weight excluding hydrogens is 386 g/mol. The van der Waals surface area contributed by atoms with E-state index in [0.29, 0.717) is 18.0 Å². The van der Waals surface area contributed by atoms with Gasteiger partial charge in [0.2, 0.25) is 5.95 Å². The van der Waals surface area contributed by atoms with E-state index < -0.39 is 0 Å². The molecule has 8 nitrogen and oxygen atoms in total. The monoisotopic (exact) mass is 413 g/mol. The third-order valence-corrected chi connectivity index (χ3v) is 6.66. The molecule has 2 fully saturated rings. The van der Waals surface area contributed by atoms with Crippen LogP contribution in [-0.4, -0.2) is 62.6 Å². The van der Waals surface area contributed by atoms with Crippen LogP contribution in [0.5, 0.6) is 0 Å². The third kappa shape index (κ3) is 4.22. The average molecular weight is 414 g/mol. The first-order valence-electron chi connectivity index (χ1n) is 10.4. The summed E-state index contributed by atoms with van der Waals surface area (Å²) in [5.74, 6) is 1.48. The van der Waals surface area contributed by atoms with Crippen LogP contribution in [0.1, 0.15) is 31.4 Å². The highest BCUT2D eigenvalue weighted by Crippen LogP contribution is 2.29. The van der Waals surface area contributed by atoms with E-state index in [1.807, 2.05) is 25.3 Å². The first kappa shape index (κ1) is 18.8. The van der Waals surface area contributed by atoms with E-state index in [4.69, 9.17) is 9.72 Å². The maximum absolute atomic E-state index is 5.50. The van der Waals surface area contributed by atoms with Crippen molar-refractivity contribution in [2.45, 2.75) is 44.7 Å². The van der Waals surface area contributed by atoms with Crippen molar-refractivity contribution in [2.24, 2.45) is 0 Å². The Kier molecular flexibility index (Phi) is 5.34. The predicted octanol–water partition coefficient (Wildman–Crippen LogP) is 3.52. The second-order valence-electron chi connectivity index (χ2n) is 7.89. The number of anilines is 3. The minimum absolute atomic E-state index is 0.437. The normalized spacial score (nSPS) is 23.3. The molecule has 9 heteroatoms. The molecule has 3 aromatic heterocycles. The van der Waals surface area contributed by atoms with Crippen LogP contribution >= 0.6 is 11.5 Å². The minimum atomic E-state index is 0.437. The van der Waals surface area contributed by atoms with Crippen LogP contribution in [0.4, 0.5) is 16.8 Å². The molecule has 1 saturated carbocycles. The van der Waals surface area contributed by atoms with Crippen LogP contribution in [0.25, 0.3) is 11.0 Å². The Morgan fingerprint density at radius 2 is 2.00 bits per heavy atom. The summed E-state index contributed by atoms with van der Waals surface area (Å²) < 4.78 is 9.81. The second-order valence-corrected chi connectivity index (χ2v) is 8.69. The van der Waals surface area contributed by atoms with Crippen molar-refractivity contribution in [1.82, 2.24) is 24.2 Å². The molecule has 1 saturated heterocycles. The zero-order valence-corrected chi connectivity index (χ0v) is 17.5. The summed E-state index contributed by atoms with van der Waals surface area (Å²) in [6.07, 6.45) is 6.68. The van der Waals surface area contributed by atoms with Crippen molar-refractivity contribution < 1.29 is 4.74 Å². The standard InChI is InChI=1S/C20H27N7OS/c1-13-12-17(29-26-13)24-20-23-16-6-7-21-18(16)19(25-20)22-14-2-4-15(5-3-14)27-8-10-28-11-9-27/h6-7,12,14-15,21H,2-5,8-11H2,1H3,(H2,22,23,24,25)/t14-,15-. The first-order valence-corrected chi connectivity index (χ1v) is 11.2. The summed E-state index contributed by atoms with van der Waals surface area (Å²) in [6, 6.07) is 5.13. The maximum Gasteiger partial charge on any atom is 0.230 e. The topological polar surface area (TPSA) is 91.0 Å². The van der Waals surface area contributed by atoms with Crippen LogP contribution in [0.15, 0.2) is 18.3 Å². The molecule has 0 spiro atoms. The number of hydrogen-bond donors (Lipinski definition) is 3. The molecule has 0 aromatic carbocycles. The van der Waals surface area contributed by atoms with E-state index in [0.717, 1.165) is 66.7 Å². The van der Waals surface area contributed by atoms with Crippen molar-refractivity contribution in [1.29, 1.82) is 0 Å². The van der Waals surface area contributed by atoms with Gasteiger partial charge in [0.05, 0.1) is 24.4 Å². The maximum atomic E-state index is 5.50. The summed E-state index contributed by atoms with van der Waals surface area (Å²) in [6.45, 7) is 5.88. The fraction of sp³-hybridized carbons (Fsp3) is 0.550. The number of hydrogen-bond acceptors (Lipinski definition) is 8. The van der Waals surface area contributed by atoms with Crippen molar-refractivity contribution in [3.63, 3.8) is 0 Å². The highest BCUT2D eigenvalue weighted by atomic mass is 32.1. The van der Waals surface area contributed by atoms with Gasteiger partial charge in [-0.25, -0.2) is 4.98 Å². The zero-order chi connectivity index (χ0) is 19.6. The summed E-state index contributed by atoms with van der Waals surface area (Å²) in [5.41, 5.74) is 2.87. The van der Waals surface area contributed by atoms with Gasteiger partial charge in [-0.2, -0.15) is 9.36 Å². The zero-order valence-electron chi connectivity index (χ0n) is 16.6. The molecule has 1 aliphatic heterocycles. The molecule has 0 unspecified atom stereocenters. The lowest BCUT2D eigenvalue weighted by Gasteiger charge is -2.39. The van der Waals surface area contributed by atoms with Gasteiger partial charge in [-0.3, -0.25) is 4.90 Å². The van der Waals surface area contributed by atoms with Crippen LogP contribution < -0.4 is 10.6 Å². The number of morpholine rings is 1. The fourth-order valence-corrected chi connectivity index (χ4v) is 5.01. The van der Waals surface area contributed by atoms with Crippen molar-refractivity contribution >= 4 is 39.3 Å². The average Bonchev–Trinajstić information content (AvgIpc) is 3.38. The number of aromatic nitrogens is 4. The summed E-state index contributed by atoms with van der Waals surface area (Å²) in [4.78, 5) is 15.3. The van der Waals surface area contributed by atoms with E-state index in [1.54, 1.807) is 0 Å². The molecule has 154 valence electrons. The Morgan fingerprint density at radius 3 is 2.76 bits per heavy atom. The number of rotatable bonds is 5. The molecule has 1 aliphatic carbocycles. The molecular formula is C20H27N7OS. The SMILES string of the molecule is Cc1cc(Nc2nc(N[C@H]3CC[C@H](N4CCOCC4)CC3)c3[nH]ccc3n2)sn1. The van der Waals surface area contributed by atoms with E-state index in [-0.39, 0.29) is 0 Å². The summed E-state index contributed by atoms with van der Waals surface area (Å²) in [5, 5.41) is 7.94. The first-order chi connectivity index (χ1) is 14.2. The lowest BCUT2D eigenvalue weighted by Crippen LogP contribution is -2.46. The molecule has 0 atom stereocenters. The lowest BCUT2D eigenvalue weighted by molar-refractivity contribution is 0.00791. The highest BCUT2D eigenvalue weighted by Gasteiger charge is 2.27. The Hall–Kier alpha value is -2.23. The van der Waals surface area contributed by atoms with E-state index >= 15 is 0 Å². The van der Waals surface area contributed by atoms with E-state index in [9.17, 15) is 0 Å². The van der Waals surface area contributed by atoms with E-state index in [1.165, 1.54) is 24.4 Å². The lowest BCUT2D eigenvalue weighted by atomic mass is 9.90. The number of H-pyrrole nitrogens is 1. The largest absolute Gasteiger partial charge is 0.379 e. The summed E-state index contributed by atoms with van der Waals surface area (Å²) >= 11 is 1.42. The van der Waals surface area contributed by atoms with Gasteiger partial charge in [0.15, 0.2) is 5.82 Å². The fourth-order valence-electron chi connectivity index (χ4n) is 4.36. The Balaban J connectivity index is 1.28. The molecule has 3 N–H and O–H groups in total. The second kappa shape index (κ2) is 8.25. The number of ether oxygens (including phenoxy) is 1. The van der Waals surface area contributed by atoms with Crippen LogP contribution in [-0.2, 0) is 4.74 Å². The third-order valence-electron chi connectivity index (χ3n) is 5.87. The van der Waals surface area contributed by atoms with Crippen LogP contribution in [0, 0.1) is 6.92 Å². The molecule has 2 aliphatic rings. The van der Waals surface area contributed by atoms with Gasteiger partial charge in [-0.1, -0.05) is 0 Å². The number of aromatic amines is 1. The summed E-state index contributed by atoms with van der Waals surface area (Å²) in [7, 11) is 0. The number of fused-ring (bicyclic) bond motifs is 1. The van der Waals surface area contributed by atoms with Crippen molar-refractivity contribution in [3.05, 3.63) is 24.0 Å². The molecule has 3 aromatic rings. The Morgan fingerprint density at radius 1 is 1.17 bits per heavy atom. The smallest absolute Gasteiger partial charge is 0.230 e. The quantitative estimate of drug-likeness (QED) is 0.589. The number of nitrogens with one attached hydrogen (secondary N) is 3. The number of aryl methyl sites for hydroxylation is 1. The van der Waals surface area contributed by atoms with Gasteiger partial charge in [0.1, 0.15) is 10.5 Å². The molecule has 0 bridgehead atoms. The highest BCUT2D eigenvalue weighted by molar-refractivity contribution is 7.10. The van der Waals surface area contributed by atoms with Gasteiger partial charge in [-0.15, -0.1) is 0 Å². The van der Waals surface area contributed by atoms with E-state index in [2.05, 4.69) is 29.9 Å². The Bertz CT molecular complexity index is 957.